The number of aromatic nitrogens is 2. The number of hydrogen-bond acceptors (Lipinski definition) is 5. The Morgan fingerprint density at radius 2 is 2.29 bits per heavy atom. The first-order chi connectivity index (χ1) is 8.10. The van der Waals surface area contributed by atoms with Crippen LogP contribution in [-0.4, -0.2) is 29.6 Å². The maximum atomic E-state index is 13.7. The van der Waals surface area contributed by atoms with Gasteiger partial charge in [-0.3, -0.25) is 0 Å². The van der Waals surface area contributed by atoms with E-state index in [1.54, 1.807) is 11.9 Å². The molecule has 0 spiro atoms. The summed E-state index contributed by atoms with van der Waals surface area (Å²) < 4.78 is 13.7. The Balaban J connectivity index is 3.04. The van der Waals surface area contributed by atoms with Gasteiger partial charge in [0.2, 0.25) is 5.95 Å². The molecule has 0 fully saturated rings. The Bertz CT molecular complexity index is 413. The summed E-state index contributed by atoms with van der Waals surface area (Å²) in [4.78, 5) is 9.63. The van der Waals surface area contributed by atoms with Crippen molar-refractivity contribution in [3.05, 3.63) is 12.0 Å². The van der Waals surface area contributed by atoms with Gasteiger partial charge in [-0.1, -0.05) is 0 Å². The second kappa shape index (κ2) is 5.99. The van der Waals surface area contributed by atoms with E-state index in [1.807, 2.05) is 19.9 Å². The first kappa shape index (κ1) is 13.2. The Morgan fingerprint density at radius 3 is 2.82 bits per heavy atom. The van der Waals surface area contributed by atoms with Crippen LogP contribution in [0.15, 0.2) is 6.20 Å². The topological polar surface area (TPSA) is 64.8 Å². The third kappa shape index (κ3) is 3.28. The van der Waals surface area contributed by atoms with E-state index in [2.05, 4.69) is 15.3 Å². The van der Waals surface area contributed by atoms with Crippen LogP contribution in [0.5, 0.6) is 0 Å². The summed E-state index contributed by atoms with van der Waals surface area (Å²) in [6, 6.07) is 2.11. The highest BCUT2D eigenvalue weighted by atomic mass is 19.1. The molecule has 0 unspecified atom stereocenters. The van der Waals surface area contributed by atoms with Gasteiger partial charge >= 0.3 is 0 Å². The zero-order valence-corrected chi connectivity index (χ0v) is 10.2. The number of nitrogens with one attached hydrogen (secondary N) is 1. The van der Waals surface area contributed by atoms with Crippen LogP contribution in [0.3, 0.4) is 0 Å². The molecule has 0 saturated heterocycles. The molecule has 0 bridgehead atoms. The molecule has 0 saturated carbocycles. The predicted octanol–water partition coefficient (Wildman–Crippen LogP) is 1.79. The van der Waals surface area contributed by atoms with E-state index in [0.717, 1.165) is 6.20 Å². The van der Waals surface area contributed by atoms with E-state index in [9.17, 15) is 4.39 Å². The van der Waals surface area contributed by atoms with Crippen molar-refractivity contribution in [2.45, 2.75) is 26.3 Å². The van der Waals surface area contributed by atoms with Gasteiger partial charge in [-0.25, -0.2) is 9.37 Å². The van der Waals surface area contributed by atoms with Crippen LogP contribution < -0.4 is 10.2 Å². The predicted molar refractivity (Wildman–Crippen MR) is 64.2 cm³/mol. The number of halogens is 1. The highest BCUT2D eigenvalue weighted by Crippen LogP contribution is 2.19. The minimum Gasteiger partial charge on any atom is -0.357 e. The van der Waals surface area contributed by atoms with Crippen LogP contribution in [0.25, 0.3) is 0 Å². The van der Waals surface area contributed by atoms with Crippen molar-refractivity contribution >= 4 is 11.8 Å². The minimum absolute atomic E-state index is 0.0671. The molecular weight excluding hydrogens is 221 g/mol. The Hall–Kier alpha value is -1.90. The molecule has 1 aromatic heterocycles. The smallest absolute Gasteiger partial charge is 0.224 e. The number of nitriles is 1. The lowest BCUT2D eigenvalue weighted by Crippen LogP contribution is -2.33. The van der Waals surface area contributed by atoms with Crippen LogP contribution in [0.2, 0.25) is 0 Å². The van der Waals surface area contributed by atoms with E-state index < -0.39 is 5.82 Å². The molecule has 0 atom stereocenters. The largest absolute Gasteiger partial charge is 0.357 e. The van der Waals surface area contributed by atoms with E-state index in [1.165, 1.54) is 0 Å². The molecule has 92 valence electrons. The molecule has 0 amide bonds. The summed E-state index contributed by atoms with van der Waals surface area (Å²) in [5.41, 5.74) is 0. The number of rotatable bonds is 5. The molecule has 5 nitrogen and oxygen atoms in total. The standard InChI is InChI=1S/C11H16FN5/c1-8(2)17(6-4-5-13)10-9(12)7-15-11(14-3)16-10/h7-8H,4,6H2,1-3H3,(H,14,15,16). The third-order valence-electron chi connectivity index (χ3n) is 2.31. The van der Waals surface area contributed by atoms with Crippen LogP contribution in [0.1, 0.15) is 20.3 Å². The highest BCUT2D eigenvalue weighted by molar-refractivity contribution is 5.44. The van der Waals surface area contributed by atoms with Gasteiger partial charge in [-0.2, -0.15) is 10.2 Å². The first-order valence-electron chi connectivity index (χ1n) is 5.44. The molecule has 0 aliphatic heterocycles. The molecule has 1 N–H and O–H groups in total. The summed E-state index contributed by atoms with van der Waals surface area (Å²) in [6.07, 6.45) is 1.46. The highest BCUT2D eigenvalue weighted by Gasteiger charge is 2.17. The molecule has 0 aliphatic carbocycles. The summed E-state index contributed by atoms with van der Waals surface area (Å²) >= 11 is 0. The quantitative estimate of drug-likeness (QED) is 0.845. The normalized spacial score (nSPS) is 10.1. The SMILES string of the molecule is CNc1ncc(F)c(N(CCC#N)C(C)C)n1. The molecule has 0 radical (unpaired) electrons. The number of nitrogens with zero attached hydrogens (tertiary/aromatic N) is 4. The molecular formula is C11H16FN5. The summed E-state index contributed by atoms with van der Waals surface area (Å²) in [5.74, 6) is 0.120. The van der Waals surface area contributed by atoms with Crippen molar-refractivity contribution < 1.29 is 4.39 Å². The lowest BCUT2D eigenvalue weighted by atomic mass is 10.3. The van der Waals surface area contributed by atoms with Gasteiger partial charge in [0.15, 0.2) is 11.6 Å². The average molecular weight is 237 g/mol. The second-order valence-electron chi connectivity index (χ2n) is 3.81. The number of anilines is 2. The molecule has 6 heteroatoms. The van der Waals surface area contributed by atoms with Crippen molar-refractivity contribution in [2.75, 3.05) is 23.8 Å². The van der Waals surface area contributed by atoms with Crippen LogP contribution >= 0.6 is 0 Å². The van der Waals surface area contributed by atoms with Crippen LogP contribution in [0, 0.1) is 17.1 Å². The molecule has 1 aromatic rings. The summed E-state index contributed by atoms with van der Waals surface area (Å²) in [5, 5.41) is 11.4. The monoisotopic (exact) mass is 237 g/mol. The zero-order valence-electron chi connectivity index (χ0n) is 10.2. The van der Waals surface area contributed by atoms with Gasteiger partial charge in [0.1, 0.15) is 0 Å². The fourth-order valence-corrected chi connectivity index (χ4v) is 1.46. The van der Waals surface area contributed by atoms with Gasteiger partial charge in [-0.15, -0.1) is 0 Å². The van der Waals surface area contributed by atoms with Crippen molar-refractivity contribution in [3.8, 4) is 6.07 Å². The number of hydrogen-bond donors (Lipinski definition) is 1. The van der Waals surface area contributed by atoms with E-state index >= 15 is 0 Å². The molecule has 0 aromatic carbocycles. The van der Waals surface area contributed by atoms with Crippen molar-refractivity contribution in [3.63, 3.8) is 0 Å². The lowest BCUT2D eigenvalue weighted by molar-refractivity contribution is 0.585. The summed E-state index contributed by atoms with van der Waals surface area (Å²) in [7, 11) is 1.67. The maximum absolute atomic E-state index is 13.7. The van der Waals surface area contributed by atoms with E-state index in [4.69, 9.17) is 5.26 Å². The second-order valence-corrected chi connectivity index (χ2v) is 3.81. The van der Waals surface area contributed by atoms with E-state index in [0.29, 0.717) is 18.9 Å². The Morgan fingerprint density at radius 1 is 1.59 bits per heavy atom. The molecule has 0 aliphatic rings. The van der Waals surface area contributed by atoms with Crippen molar-refractivity contribution in [1.29, 1.82) is 5.26 Å². The molecule has 17 heavy (non-hydrogen) atoms. The van der Waals surface area contributed by atoms with Gasteiger partial charge in [0.25, 0.3) is 0 Å². The fraction of sp³-hybridized carbons (Fsp3) is 0.545. The minimum atomic E-state index is -0.476. The fourth-order valence-electron chi connectivity index (χ4n) is 1.46. The average Bonchev–Trinajstić information content (AvgIpc) is 2.31. The maximum Gasteiger partial charge on any atom is 0.224 e. The van der Waals surface area contributed by atoms with Crippen LogP contribution in [0.4, 0.5) is 16.2 Å². The van der Waals surface area contributed by atoms with Gasteiger partial charge in [0, 0.05) is 19.6 Å². The third-order valence-corrected chi connectivity index (χ3v) is 2.31. The van der Waals surface area contributed by atoms with Gasteiger partial charge < -0.3 is 10.2 Å². The van der Waals surface area contributed by atoms with Crippen molar-refractivity contribution in [1.82, 2.24) is 9.97 Å². The molecule has 1 rings (SSSR count). The van der Waals surface area contributed by atoms with E-state index in [-0.39, 0.29) is 11.9 Å². The Kier molecular flexibility index (Phi) is 4.64. The van der Waals surface area contributed by atoms with Crippen molar-refractivity contribution in [2.24, 2.45) is 0 Å². The Labute approximate surface area is 100 Å². The van der Waals surface area contributed by atoms with Gasteiger partial charge in [-0.05, 0) is 13.8 Å². The summed E-state index contributed by atoms with van der Waals surface area (Å²) in [6.45, 7) is 4.31. The lowest BCUT2D eigenvalue weighted by Gasteiger charge is -2.27. The zero-order chi connectivity index (χ0) is 12.8. The molecule has 1 heterocycles. The van der Waals surface area contributed by atoms with Gasteiger partial charge in [0.05, 0.1) is 18.7 Å². The first-order valence-corrected chi connectivity index (χ1v) is 5.44. The van der Waals surface area contributed by atoms with Crippen LogP contribution in [-0.2, 0) is 0 Å².